The van der Waals surface area contributed by atoms with Crippen LogP contribution in [0, 0.1) is 0 Å². The van der Waals surface area contributed by atoms with Crippen LogP contribution in [-0.2, 0) is 4.74 Å². The van der Waals surface area contributed by atoms with Gasteiger partial charge in [0.2, 0.25) is 0 Å². The van der Waals surface area contributed by atoms with E-state index in [1.54, 1.807) is 7.11 Å². The second-order valence-corrected chi connectivity index (χ2v) is 6.63. The van der Waals surface area contributed by atoms with E-state index >= 15 is 0 Å². The predicted molar refractivity (Wildman–Crippen MR) is 78.3 cm³/mol. The van der Waals surface area contributed by atoms with Crippen LogP contribution in [0.5, 0.6) is 5.75 Å². The Bertz CT molecular complexity index is 469. The molecule has 1 aromatic rings. The number of fused-ring (bicyclic) bond motifs is 1. The maximum absolute atomic E-state index is 6.36. The number of ether oxygens (including phenoxy) is 2. The van der Waals surface area contributed by atoms with Crippen molar-refractivity contribution in [2.45, 2.75) is 49.9 Å². The molecule has 2 N–H and O–H groups in total. The molecular weight excluding hydrogens is 306 g/mol. The van der Waals surface area contributed by atoms with Gasteiger partial charge in [-0.2, -0.15) is 0 Å². The summed E-state index contributed by atoms with van der Waals surface area (Å²) >= 11 is 3.49. The number of methoxy groups -OCH3 is 1. The van der Waals surface area contributed by atoms with E-state index in [1.807, 2.05) is 12.1 Å². The molecule has 1 aliphatic carbocycles. The summed E-state index contributed by atoms with van der Waals surface area (Å²) in [5, 5.41) is 0. The van der Waals surface area contributed by atoms with Crippen molar-refractivity contribution in [2.75, 3.05) is 7.11 Å². The zero-order valence-corrected chi connectivity index (χ0v) is 12.8. The average Bonchev–Trinajstić information content (AvgIpc) is 2.41. The molecular formula is C15H20BrNO2. The number of hydrogen-bond acceptors (Lipinski definition) is 3. The molecule has 1 heterocycles. The van der Waals surface area contributed by atoms with E-state index in [1.165, 1.54) is 0 Å². The van der Waals surface area contributed by atoms with Crippen LogP contribution >= 0.6 is 15.9 Å². The first kappa shape index (κ1) is 13.4. The third-order valence-corrected chi connectivity index (χ3v) is 4.96. The summed E-state index contributed by atoms with van der Waals surface area (Å²) in [4.78, 5) is 0. The number of hydrogen-bond donors (Lipinski definition) is 1. The fraction of sp³-hybridized carbons (Fsp3) is 0.600. The van der Waals surface area contributed by atoms with E-state index in [2.05, 4.69) is 22.0 Å². The molecule has 3 rings (SSSR count). The van der Waals surface area contributed by atoms with E-state index in [9.17, 15) is 0 Å². The van der Waals surface area contributed by atoms with E-state index < -0.39 is 0 Å². The maximum atomic E-state index is 6.36. The van der Waals surface area contributed by atoms with Crippen molar-refractivity contribution in [2.24, 2.45) is 5.73 Å². The van der Waals surface area contributed by atoms with E-state index in [4.69, 9.17) is 15.2 Å². The van der Waals surface area contributed by atoms with Gasteiger partial charge in [-0.1, -0.05) is 15.9 Å². The van der Waals surface area contributed by atoms with Crippen molar-refractivity contribution in [1.82, 2.24) is 0 Å². The third kappa shape index (κ3) is 2.54. The lowest BCUT2D eigenvalue weighted by atomic mass is 9.76. The Morgan fingerprint density at radius 2 is 2.11 bits per heavy atom. The standard InChI is InChI=1S/C15H20BrNO2/c1-18-11-4-6-15(7-5-11)9-13(17)12-8-10(16)2-3-14(12)19-15/h2-3,8,11,13H,4-7,9,17H2,1H3. The normalized spacial score (nSPS) is 33.8. The summed E-state index contributed by atoms with van der Waals surface area (Å²) in [6.07, 6.45) is 5.50. The minimum Gasteiger partial charge on any atom is -0.487 e. The van der Waals surface area contributed by atoms with Crippen LogP contribution < -0.4 is 10.5 Å². The second kappa shape index (κ2) is 5.08. The van der Waals surface area contributed by atoms with Gasteiger partial charge in [0.15, 0.2) is 0 Å². The summed E-state index contributed by atoms with van der Waals surface area (Å²) in [6, 6.07) is 6.20. The van der Waals surface area contributed by atoms with Gasteiger partial charge in [-0.25, -0.2) is 0 Å². The molecule has 104 valence electrons. The van der Waals surface area contributed by atoms with Crippen LogP contribution in [0.1, 0.15) is 43.7 Å². The van der Waals surface area contributed by atoms with Crippen molar-refractivity contribution in [1.29, 1.82) is 0 Å². The minimum atomic E-state index is -0.0741. The Kier molecular flexibility index (Phi) is 3.58. The number of rotatable bonds is 1. The summed E-state index contributed by atoms with van der Waals surface area (Å²) in [6.45, 7) is 0. The van der Waals surface area contributed by atoms with Crippen LogP contribution in [0.25, 0.3) is 0 Å². The molecule has 1 fully saturated rings. The number of nitrogens with two attached hydrogens (primary N) is 1. The first-order valence-corrected chi connectivity index (χ1v) is 7.68. The number of halogens is 1. The van der Waals surface area contributed by atoms with Crippen molar-refractivity contribution in [3.05, 3.63) is 28.2 Å². The Hall–Kier alpha value is -0.580. The second-order valence-electron chi connectivity index (χ2n) is 5.71. The molecule has 0 bridgehead atoms. The first-order valence-electron chi connectivity index (χ1n) is 6.89. The molecule has 3 nitrogen and oxygen atoms in total. The van der Waals surface area contributed by atoms with Crippen LogP contribution in [0.4, 0.5) is 0 Å². The van der Waals surface area contributed by atoms with Gasteiger partial charge in [0, 0.05) is 29.6 Å². The van der Waals surface area contributed by atoms with Crippen LogP contribution in [-0.4, -0.2) is 18.8 Å². The molecule has 0 radical (unpaired) electrons. The fourth-order valence-electron chi connectivity index (χ4n) is 3.35. The van der Waals surface area contributed by atoms with Gasteiger partial charge in [0.05, 0.1) is 6.10 Å². The maximum Gasteiger partial charge on any atom is 0.124 e. The first-order chi connectivity index (χ1) is 9.12. The molecule has 1 aromatic carbocycles. The SMILES string of the molecule is COC1CCC2(CC1)CC(N)c1cc(Br)ccc1O2. The van der Waals surface area contributed by atoms with Crippen LogP contribution in [0.15, 0.2) is 22.7 Å². The minimum absolute atomic E-state index is 0.0698. The lowest BCUT2D eigenvalue weighted by molar-refractivity contribution is -0.0428. The van der Waals surface area contributed by atoms with Gasteiger partial charge in [0.1, 0.15) is 11.4 Å². The van der Waals surface area contributed by atoms with E-state index in [0.717, 1.165) is 47.9 Å². The van der Waals surface area contributed by atoms with Crippen LogP contribution in [0.2, 0.25) is 0 Å². The molecule has 0 aromatic heterocycles. The van der Waals surface area contributed by atoms with E-state index in [-0.39, 0.29) is 11.6 Å². The lowest BCUT2D eigenvalue weighted by Gasteiger charge is -2.45. The van der Waals surface area contributed by atoms with Crippen molar-refractivity contribution >= 4 is 15.9 Å². The summed E-state index contributed by atoms with van der Waals surface area (Å²) in [5.74, 6) is 0.956. The molecule has 2 aliphatic rings. The highest BCUT2D eigenvalue weighted by molar-refractivity contribution is 9.10. The molecule has 19 heavy (non-hydrogen) atoms. The molecule has 0 saturated heterocycles. The molecule has 0 amide bonds. The third-order valence-electron chi connectivity index (χ3n) is 4.47. The summed E-state index contributed by atoms with van der Waals surface area (Å²) in [5.41, 5.74) is 7.40. The van der Waals surface area contributed by atoms with Gasteiger partial charge in [0.25, 0.3) is 0 Å². The van der Waals surface area contributed by atoms with E-state index in [0.29, 0.717) is 6.10 Å². The Morgan fingerprint density at radius 1 is 1.37 bits per heavy atom. The Morgan fingerprint density at radius 3 is 2.79 bits per heavy atom. The Balaban J connectivity index is 1.83. The van der Waals surface area contributed by atoms with Gasteiger partial charge in [-0.3, -0.25) is 0 Å². The van der Waals surface area contributed by atoms with Crippen molar-refractivity contribution < 1.29 is 9.47 Å². The Labute approximate surface area is 122 Å². The van der Waals surface area contributed by atoms with Crippen molar-refractivity contribution in [3.63, 3.8) is 0 Å². The highest BCUT2D eigenvalue weighted by atomic mass is 79.9. The van der Waals surface area contributed by atoms with Gasteiger partial charge >= 0.3 is 0 Å². The highest BCUT2D eigenvalue weighted by Crippen LogP contribution is 2.46. The topological polar surface area (TPSA) is 44.5 Å². The zero-order valence-electron chi connectivity index (χ0n) is 11.2. The summed E-state index contributed by atoms with van der Waals surface area (Å²) in [7, 11) is 1.79. The quantitative estimate of drug-likeness (QED) is 0.858. The molecule has 1 spiro atoms. The smallest absolute Gasteiger partial charge is 0.124 e. The predicted octanol–water partition coefficient (Wildman–Crippen LogP) is 3.56. The number of benzene rings is 1. The monoisotopic (exact) mass is 325 g/mol. The fourth-order valence-corrected chi connectivity index (χ4v) is 3.73. The molecule has 4 heteroatoms. The summed E-state index contributed by atoms with van der Waals surface area (Å²) < 4.78 is 12.8. The average molecular weight is 326 g/mol. The van der Waals surface area contributed by atoms with Crippen LogP contribution in [0.3, 0.4) is 0 Å². The zero-order chi connectivity index (χ0) is 13.5. The molecule has 1 saturated carbocycles. The lowest BCUT2D eigenvalue weighted by Crippen LogP contribution is -2.46. The largest absolute Gasteiger partial charge is 0.487 e. The van der Waals surface area contributed by atoms with Crippen molar-refractivity contribution in [3.8, 4) is 5.75 Å². The molecule has 1 unspecified atom stereocenters. The van der Waals surface area contributed by atoms with Gasteiger partial charge in [-0.05, 0) is 43.9 Å². The van der Waals surface area contributed by atoms with Gasteiger partial charge < -0.3 is 15.2 Å². The highest BCUT2D eigenvalue weighted by Gasteiger charge is 2.42. The van der Waals surface area contributed by atoms with Gasteiger partial charge in [-0.15, -0.1) is 0 Å². The molecule has 1 aliphatic heterocycles. The molecule has 1 atom stereocenters.